The van der Waals surface area contributed by atoms with Gasteiger partial charge in [0.1, 0.15) is 18.0 Å². The van der Waals surface area contributed by atoms with Gasteiger partial charge in [-0.05, 0) is 36.2 Å². The van der Waals surface area contributed by atoms with Gasteiger partial charge in [-0.15, -0.1) is 0 Å². The lowest BCUT2D eigenvalue weighted by atomic mass is 10.2. The number of hydrogen-bond donors (Lipinski definition) is 1. The van der Waals surface area contributed by atoms with Crippen LogP contribution in [0.1, 0.15) is 11.1 Å². The largest absolute Gasteiger partial charge is 0.487 e. The minimum Gasteiger partial charge on any atom is -0.487 e. The molecule has 0 atom stereocenters. The number of halogens is 1. The van der Waals surface area contributed by atoms with Crippen molar-refractivity contribution < 1.29 is 9.66 Å². The lowest BCUT2D eigenvalue weighted by Gasteiger charge is -2.09. The Balaban J connectivity index is 2.15. The first-order valence-corrected chi connectivity index (χ1v) is 6.27. The van der Waals surface area contributed by atoms with E-state index in [-0.39, 0.29) is 18.0 Å². The third kappa shape index (κ3) is 3.19. The average Bonchev–Trinajstić information content (AvgIpc) is 2.39. The lowest BCUT2D eigenvalue weighted by molar-refractivity contribution is -0.384. The van der Waals surface area contributed by atoms with Crippen LogP contribution >= 0.6 is 11.6 Å². The van der Waals surface area contributed by atoms with Crippen molar-refractivity contribution in [2.75, 3.05) is 5.73 Å². The number of benzene rings is 2. The average molecular weight is 293 g/mol. The van der Waals surface area contributed by atoms with Gasteiger partial charge in [-0.25, -0.2) is 0 Å². The van der Waals surface area contributed by atoms with Crippen LogP contribution < -0.4 is 10.5 Å². The number of hydrogen-bond acceptors (Lipinski definition) is 4. The molecule has 0 aliphatic heterocycles. The van der Waals surface area contributed by atoms with Gasteiger partial charge in [0.15, 0.2) is 0 Å². The maximum atomic E-state index is 10.8. The summed E-state index contributed by atoms with van der Waals surface area (Å²) in [6.07, 6.45) is 0. The quantitative estimate of drug-likeness (QED) is 0.529. The molecule has 104 valence electrons. The van der Waals surface area contributed by atoms with Gasteiger partial charge < -0.3 is 10.5 Å². The van der Waals surface area contributed by atoms with Crippen LogP contribution in [0.5, 0.6) is 5.75 Å². The molecule has 0 saturated carbocycles. The fraction of sp³-hybridized carbons (Fsp3) is 0.143. The van der Waals surface area contributed by atoms with Gasteiger partial charge in [0.2, 0.25) is 0 Å². The Labute approximate surface area is 121 Å². The summed E-state index contributed by atoms with van der Waals surface area (Å²) in [6.45, 7) is 2.11. The van der Waals surface area contributed by atoms with E-state index in [2.05, 4.69) is 0 Å². The summed E-state index contributed by atoms with van der Waals surface area (Å²) in [5.41, 5.74) is 7.23. The first-order chi connectivity index (χ1) is 9.47. The molecule has 0 aliphatic rings. The zero-order valence-corrected chi connectivity index (χ0v) is 11.6. The molecule has 0 radical (unpaired) electrons. The van der Waals surface area contributed by atoms with E-state index in [9.17, 15) is 10.1 Å². The fourth-order valence-corrected chi connectivity index (χ4v) is 2.01. The predicted molar refractivity (Wildman–Crippen MR) is 78.0 cm³/mol. The molecule has 20 heavy (non-hydrogen) atoms. The molecular formula is C14H13ClN2O3. The van der Waals surface area contributed by atoms with Gasteiger partial charge in [-0.3, -0.25) is 10.1 Å². The summed E-state index contributed by atoms with van der Waals surface area (Å²) >= 11 is 6.05. The maximum Gasteiger partial charge on any atom is 0.292 e. The monoisotopic (exact) mass is 292 g/mol. The Morgan fingerprint density at radius 3 is 2.70 bits per heavy atom. The molecule has 2 N–H and O–H groups in total. The summed E-state index contributed by atoms with van der Waals surface area (Å²) in [4.78, 5) is 10.3. The van der Waals surface area contributed by atoms with Crippen LogP contribution in [0.15, 0.2) is 36.4 Å². The normalized spacial score (nSPS) is 10.3. The van der Waals surface area contributed by atoms with Crippen molar-refractivity contribution in [1.29, 1.82) is 0 Å². The van der Waals surface area contributed by atoms with E-state index in [4.69, 9.17) is 22.1 Å². The van der Waals surface area contributed by atoms with Crippen molar-refractivity contribution in [3.05, 3.63) is 62.7 Å². The minimum absolute atomic E-state index is 0.124. The first-order valence-electron chi connectivity index (χ1n) is 5.89. The molecule has 0 bridgehead atoms. The van der Waals surface area contributed by atoms with Crippen molar-refractivity contribution >= 4 is 23.0 Å². The van der Waals surface area contributed by atoms with Gasteiger partial charge in [0, 0.05) is 6.07 Å². The molecule has 6 heteroatoms. The molecule has 0 amide bonds. The maximum absolute atomic E-state index is 10.8. The highest BCUT2D eigenvalue weighted by Crippen LogP contribution is 2.27. The topological polar surface area (TPSA) is 78.4 Å². The smallest absolute Gasteiger partial charge is 0.292 e. The number of nitrogens with two attached hydrogens (primary N) is 1. The summed E-state index contributed by atoms with van der Waals surface area (Å²) < 4.78 is 5.56. The Morgan fingerprint density at radius 2 is 2.05 bits per heavy atom. The Hall–Kier alpha value is -2.27. The molecule has 2 aromatic rings. The van der Waals surface area contributed by atoms with Gasteiger partial charge in [-0.2, -0.15) is 0 Å². The highest BCUT2D eigenvalue weighted by atomic mass is 35.5. The summed E-state index contributed by atoms with van der Waals surface area (Å²) in [7, 11) is 0. The van der Waals surface area contributed by atoms with Gasteiger partial charge in [0.05, 0.1) is 9.95 Å². The molecule has 0 aromatic heterocycles. The van der Waals surface area contributed by atoms with Gasteiger partial charge in [-0.1, -0.05) is 23.7 Å². The van der Waals surface area contributed by atoms with Crippen molar-refractivity contribution in [2.45, 2.75) is 13.5 Å². The highest BCUT2D eigenvalue weighted by molar-refractivity contribution is 6.32. The lowest BCUT2D eigenvalue weighted by Crippen LogP contribution is -2.00. The molecule has 0 unspecified atom stereocenters. The molecular weight excluding hydrogens is 280 g/mol. The fourth-order valence-electron chi connectivity index (χ4n) is 1.72. The highest BCUT2D eigenvalue weighted by Gasteiger charge is 2.12. The van der Waals surface area contributed by atoms with E-state index in [1.807, 2.05) is 13.0 Å². The van der Waals surface area contributed by atoms with Crippen LogP contribution in [0.4, 0.5) is 11.4 Å². The number of rotatable bonds is 4. The number of ether oxygens (including phenoxy) is 1. The molecule has 2 aromatic carbocycles. The van der Waals surface area contributed by atoms with Crippen LogP contribution in [0.2, 0.25) is 5.02 Å². The summed E-state index contributed by atoms with van der Waals surface area (Å²) in [6, 6.07) is 10.0. The van der Waals surface area contributed by atoms with E-state index >= 15 is 0 Å². The van der Waals surface area contributed by atoms with E-state index in [0.29, 0.717) is 16.3 Å². The second-order valence-corrected chi connectivity index (χ2v) is 4.78. The summed E-state index contributed by atoms with van der Waals surface area (Å²) in [5, 5.41) is 11.3. The Kier molecular flexibility index (Phi) is 4.10. The van der Waals surface area contributed by atoms with Crippen molar-refractivity contribution in [3.63, 3.8) is 0 Å². The number of nitro groups is 1. The van der Waals surface area contributed by atoms with Gasteiger partial charge in [0.25, 0.3) is 5.69 Å². The number of nitrogen functional groups attached to an aromatic ring is 1. The summed E-state index contributed by atoms with van der Waals surface area (Å²) in [5.74, 6) is 0.539. The standard InChI is InChI=1S/C14H13ClN2O3/c1-9-2-5-14(11(15)6-9)20-8-10-3-4-12(16)13(7-10)17(18)19/h2-7H,8,16H2,1H3. The molecule has 0 heterocycles. The SMILES string of the molecule is Cc1ccc(OCc2ccc(N)c([N+](=O)[O-])c2)c(Cl)c1. The number of anilines is 1. The van der Waals surface area contributed by atoms with Crippen LogP contribution in [-0.2, 0) is 6.61 Å². The Bertz CT molecular complexity index is 659. The van der Waals surface area contributed by atoms with Crippen LogP contribution in [-0.4, -0.2) is 4.92 Å². The predicted octanol–water partition coefficient (Wildman–Crippen LogP) is 3.72. The molecule has 5 nitrogen and oxygen atoms in total. The molecule has 0 spiro atoms. The second-order valence-electron chi connectivity index (χ2n) is 4.37. The molecule has 0 aliphatic carbocycles. The first kappa shape index (κ1) is 14.1. The van der Waals surface area contributed by atoms with E-state index in [1.165, 1.54) is 12.1 Å². The molecule has 0 fully saturated rings. The zero-order chi connectivity index (χ0) is 14.7. The number of nitrogens with zero attached hydrogens (tertiary/aromatic N) is 1. The van der Waals surface area contributed by atoms with Gasteiger partial charge >= 0.3 is 0 Å². The Morgan fingerprint density at radius 1 is 1.30 bits per heavy atom. The molecule has 0 saturated heterocycles. The third-order valence-electron chi connectivity index (χ3n) is 2.77. The van der Waals surface area contributed by atoms with E-state index in [0.717, 1.165) is 5.56 Å². The molecule has 2 rings (SSSR count). The van der Waals surface area contributed by atoms with Crippen molar-refractivity contribution in [2.24, 2.45) is 0 Å². The zero-order valence-electron chi connectivity index (χ0n) is 10.8. The van der Waals surface area contributed by atoms with E-state index in [1.54, 1.807) is 18.2 Å². The number of nitro benzene ring substituents is 1. The van der Waals surface area contributed by atoms with Crippen molar-refractivity contribution in [3.8, 4) is 5.75 Å². The van der Waals surface area contributed by atoms with E-state index < -0.39 is 4.92 Å². The van der Waals surface area contributed by atoms with Crippen LogP contribution in [0.25, 0.3) is 0 Å². The van der Waals surface area contributed by atoms with Crippen molar-refractivity contribution in [1.82, 2.24) is 0 Å². The minimum atomic E-state index is -0.516. The third-order valence-corrected chi connectivity index (χ3v) is 3.07. The van der Waals surface area contributed by atoms with Crippen LogP contribution in [0.3, 0.4) is 0 Å². The number of aryl methyl sites for hydroxylation is 1. The second kappa shape index (κ2) is 5.79. The van der Waals surface area contributed by atoms with Crippen LogP contribution in [0, 0.1) is 17.0 Å².